The van der Waals surface area contributed by atoms with E-state index < -0.39 is 6.03 Å². The molecule has 1 fully saturated rings. The zero-order valence-electron chi connectivity index (χ0n) is 13.1. The first-order valence-electron chi connectivity index (χ1n) is 7.33. The normalized spacial score (nSPS) is 16.1. The number of nitrogens with zero attached hydrogens (tertiary/aromatic N) is 2. The molecule has 0 radical (unpaired) electrons. The molecule has 6 heteroatoms. The molecule has 1 aliphatic rings. The van der Waals surface area contributed by atoms with E-state index in [4.69, 9.17) is 0 Å². The van der Waals surface area contributed by atoms with Gasteiger partial charge in [0.15, 0.2) is 0 Å². The average Bonchev–Trinajstić information content (AvgIpc) is 2.72. The lowest BCUT2D eigenvalue weighted by Gasteiger charge is -2.20. The SMILES string of the molecule is CCC(NC(=O)CN1C(=O)CN(C)C1=O)c1ccc(C)cc1. The first-order valence-corrected chi connectivity index (χ1v) is 7.33. The van der Waals surface area contributed by atoms with Gasteiger partial charge in [-0.1, -0.05) is 36.8 Å². The number of rotatable bonds is 5. The second kappa shape index (κ2) is 6.60. The van der Waals surface area contributed by atoms with E-state index in [-0.39, 0.29) is 30.9 Å². The van der Waals surface area contributed by atoms with Crippen LogP contribution in [0.5, 0.6) is 0 Å². The average molecular weight is 303 g/mol. The summed E-state index contributed by atoms with van der Waals surface area (Å²) < 4.78 is 0. The van der Waals surface area contributed by atoms with Gasteiger partial charge in [0.25, 0.3) is 5.91 Å². The van der Waals surface area contributed by atoms with Gasteiger partial charge < -0.3 is 10.2 Å². The molecule has 4 amide bonds. The maximum atomic E-state index is 12.1. The molecule has 6 nitrogen and oxygen atoms in total. The molecular formula is C16H21N3O3. The quantitative estimate of drug-likeness (QED) is 0.837. The number of likely N-dealkylation sites (N-methyl/N-ethyl adjacent to an activating group) is 1. The molecule has 1 saturated heterocycles. The lowest BCUT2D eigenvalue weighted by molar-refractivity contribution is -0.131. The van der Waals surface area contributed by atoms with E-state index in [1.165, 1.54) is 4.90 Å². The molecule has 1 heterocycles. The molecule has 0 aromatic heterocycles. The van der Waals surface area contributed by atoms with Crippen molar-refractivity contribution in [1.82, 2.24) is 15.1 Å². The Balaban J connectivity index is 1.99. The van der Waals surface area contributed by atoms with Crippen molar-refractivity contribution >= 4 is 17.8 Å². The Morgan fingerprint density at radius 3 is 2.41 bits per heavy atom. The summed E-state index contributed by atoms with van der Waals surface area (Å²) in [6, 6.07) is 7.38. The van der Waals surface area contributed by atoms with Gasteiger partial charge in [0.2, 0.25) is 5.91 Å². The summed E-state index contributed by atoms with van der Waals surface area (Å²) in [4.78, 5) is 37.9. The zero-order valence-corrected chi connectivity index (χ0v) is 13.1. The van der Waals surface area contributed by atoms with Crippen LogP contribution < -0.4 is 5.32 Å². The van der Waals surface area contributed by atoms with Crippen molar-refractivity contribution in [3.63, 3.8) is 0 Å². The van der Waals surface area contributed by atoms with E-state index in [9.17, 15) is 14.4 Å². The molecule has 1 aromatic carbocycles. The van der Waals surface area contributed by atoms with Crippen LogP contribution in [0.1, 0.15) is 30.5 Å². The Hall–Kier alpha value is -2.37. The lowest BCUT2D eigenvalue weighted by Crippen LogP contribution is -2.42. The van der Waals surface area contributed by atoms with Crippen LogP contribution in [0.2, 0.25) is 0 Å². The van der Waals surface area contributed by atoms with Gasteiger partial charge >= 0.3 is 6.03 Å². The number of nitrogens with one attached hydrogen (secondary N) is 1. The van der Waals surface area contributed by atoms with Crippen molar-refractivity contribution in [2.45, 2.75) is 26.3 Å². The maximum Gasteiger partial charge on any atom is 0.327 e. The van der Waals surface area contributed by atoms with Gasteiger partial charge in [-0.2, -0.15) is 0 Å². The van der Waals surface area contributed by atoms with Gasteiger partial charge in [-0.15, -0.1) is 0 Å². The largest absolute Gasteiger partial charge is 0.348 e. The first-order chi connectivity index (χ1) is 10.4. The Kier molecular flexibility index (Phi) is 4.80. The molecule has 118 valence electrons. The van der Waals surface area contributed by atoms with E-state index >= 15 is 0 Å². The minimum Gasteiger partial charge on any atom is -0.348 e. The number of amides is 4. The number of benzene rings is 1. The monoisotopic (exact) mass is 303 g/mol. The number of imide groups is 1. The smallest absolute Gasteiger partial charge is 0.327 e. The van der Waals surface area contributed by atoms with E-state index in [2.05, 4.69) is 5.32 Å². The molecule has 1 aliphatic heterocycles. The van der Waals surface area contributed by atoms with Crippen molar-refractivity contribution in [3.8, 4) is 0 Å². The third-order valence-corrected chi connectivity index (χ3v) is 3.76. The molecule has 0 bridgehead atoms. The van der Waals surface area contributed by atoms with Crippen molar-refractivity contribution in [2.75, 3.05) is 20.1 Å². The van der Waals surface area contributed by atoms with Gasteiger partial charge in [0.1, 0.15) is 13.1 Å². The summed E-state index contributed by atoms with van der Waals surface area (Å²) >= 11 is 0. The van der Waals surface area contributed by atoms with Crippen LogP contribution >= 0.6 is 0 Å². The molecule has 0 saturated carbocycles. The third-order valence-electron chi connectivity index (χ3n) is 3.76. The minimum absolute atomic E-state index is 0.0290. The fourth-order valence-electron chi connectivity index (χ4n) is 2.43. The Morgan fingerprint density at radius 2 is 1.91 bits per heavy atom. The molecule has 22 heavy (non-hydrogen) atoms. The van der Waals surface area contributed by atoms with Crippen molar-refractivity contribution in [3.05, 3.63) is 35.4 Å². The lowest BCUT2D eigenvalue weighted by atomic mass is 10.0. The van der Waals surface area contributed by atoms with Crippen LogP contribution in [0.4, 0.5) is 4.79 Å². The van der Waals surface area contributed by atoms with Gasteiger partial charge in [0.05, 0.1) is 6.04 Å². The highest BCUT2D eigenvalue weighted by molar-refractivity contribution is 6.04. The van der Waals surface area contributed by atoms with Crippen LogP contribution in [-0.2, 0) is 9.59 Å². The summed E-state index contributed by atoms with van der Waals surface area (Å²) in [5.74, 6) is -0.671. The molecule has 2 rings (SSSR count). The molecular weight excluding hydrogens is 282 g/mol. The number of carbonyl (C=O) groups is 3. The van der Waals surface area contributed by atoms with E-state index in [0.29, 0.717) is 0 Å². The predicted molar refractivity (Wildman–Crippen MR) is 82.1 cm³/mol. The highest BCUT2D eigenvalue weighted by Gasteiger charge is 2.34. The van der Waals surface area contributed by atoms with E-state index in [0.717, 1.165) is 22.4 Å². The Labute approximate surface area is 130 Å². The number of hydrogen-bond donors (Lipinski definition) is 1. The standard InChI is InChI=1S/C16H21N3O3/c1-4-13(12-7-5-11(2)6-8-12)17-14(20)9-19-15(21)10-18(3)16(19)22/h5-8,13H,4,9-10H2,1-3H3,(H,17,20). The molecule has 1 N–H and O–H groups in total. The van der Waals surface area contributed by atoms with Gasteiger partial charge in [0, 0.05) is 7.05 Å². The highest BCUT2D eigenvalue weighted by Crippen LogP contribution is 2.17. The highest BCUT2D eigenvalue weighted by atomic mass is 16.2. The van der Waals surface area contributed by atoms with E-state index in [1.54, 1.807) is 7.05 Å². The van der Waals surface area contributed by atoms with Gasteiger partial charge in [-0.25, -0.2) is 4.79 Å². The topological polar surface area (TPSA) is 69.7 Å². The van der Waals surface area contributed by atoms with Gasteiger partial charge in [-0.3, -0.25) is 14.5 Å². The summed E-state index contributed by atoms with van der Waals surface area (Å²) in [6.07, 6.45) is 0.733. The maximum absolute atomic E-state index is 12.1. The summed E-state index contributed by atoms with van der Waals surface area (Å²) in [6.45, 7) is 3.78. The van der Waals surface area contributed by atoms with Crippen molar-refractivity contribution in [2.24, 2.45) is 0 Å². The summed E-state index contributed by atoms with van der Waals surface area (Å²) in [5.41, 5.74) is 2.17. The van der Waals surface area contributed by atoms with Crippen LogP contribution in [0.15, 0.2) is 24.3 Å². The number of urea groups is 1. The second-order valence-corrected chi connectivity index (χ2v) is 5.56. The fourth-order valence-corrected chi connectivity index (χ4v) is 2.43. The summed E-state index contributed by atoms with van der Waals surface area (Å²) in [5, 5.41) is 2.88. The predicted octanol–water partition coefficient (Wildman–Crippen LogP) is 1.46. The zero-order chi connectivity index (χ0) is 16.3. The minimum atomic E-state index is -0.427. The van der Waals surface area contributed by atoms with Crippen LogP contribution in [-0.4, -0.2) is 47.8 Å². The number of carbonyl (C=O) groups excluding carboxylic acids is 3. The summed E-state index contributed by atoms with van der Waals surface area (Å²) in [7, 11) is 1.54. The molecule has 1 atom stereocenters. The van der Waals surface area contributed by atoms with Crippen LogP contribution in [0, 0.1) is 6.92 Å². The van der Waals surface area contributed by atoms with Crippen LogP contribution in [0.25, 0.3) is 0 Å². The second-order valence-electron chi connectivity index (χ2n) is 5.56. The third kappa shape index (κ3) is 3.44. The molecule has 0 aliphatic carbocycles. The van der Waals surface area contributed by atoms with Crippen molar-refractivity contribution < 1.29 is 14.4 Å². The molecule has 1 aromatic rings. The number of hydrogen-bond acceptors (Lipinski definition) is 3. The Bertz CT molecular complexity index is 583. The molecule has 1 unspecified atom stereocenters. The first kappa shape index (κ1) is 16.0. The fraction of sp³-hybridized carbons (Fsp3) is 0.438. The number of aryl methyl sites for hydroxylation is 1. The van der Waals surface area contributed by atoms with Crippen LogP contribution in [0.3, 0.4) is 0 Å². The Morgan fingerprint density at radius 1 is 1.27 bits per heavy atom. The van der Waals surface area contributed by atoms with E-state index in [1.807, 2.05) is 38.1 Å². The molecule has 0 spiro atoms. The van der Waals surface area contributed by atoms with Crippen molar-refractivity contribution in [1.29, 1.82) is 0 Å². The van der Waals surface area contributed by atoms with Gasteiger partial charge in [-0.05, 0) is 18.9 Å².